The summed E-state index contributed by atoms with van der Waals surface area (Å²) in [5, 5.41) is 0.0736. The van der Waals surface area contributed by atoms with Gasteiger partial charge in [0, 0.05) is 13.0 Å². The molecule has 3 unspecified atom stereocenters. The molecule has 2 rings (SSSR count). The van der Waals surface area contributed by atoms with Gasteiger partial charge in [0.2, 0.25) is 0 Å². The van der Waals surface area contributed by atoms with Gasteiger partial charge in [-0.2, -0.15) is 0 Å². The number of hydrogen-bond acceptors (Lipinski definition) is 2. The Morgan fingerprint density at radius 2 is 2.00 bits per heavy atom. The third-order valence-electron chi connectivity index (χ3n) is 3.92. The van der Waals surface area contributed by atoms with E-state index in [0.29, 0.717) is 0 Å². The molecule has 0 spiro atoms. The van der Waals surface area contributed by atoms with Crippen molar-refractivity contribution in [2.24, 2.45) is 0 Å². The number of alkyl halides is 1. The Bertz CT molecular complexity index is 479. The molecular formula is C18H27ClO2. The predicted molar refractivity (Wildman–Crippen MR) is 88.6 cm³/mol. The lowest BCUT2D eigenvalue weighted by molar-refractivity contribution is -0.0802. The van der Waals surface area contributed by atoms with Gasteiger partial charge in [-0.05, 0) is 36.0 Å². The summed E-state index contributed by atoms with van der Waals surface area (Å²) in [6.45, 7) is 11.6. The second-order valence-electron chi connectivity index (χ2n) is 6.99. The Hall–Kier alpha value is -0.730. The minimum absolute atomic E-state index is 0.0138. The summed E-state index contributed by atoms with van der Waals surface area (Å²) < 4.78 is 12.1. The largest absolute Gasteiger partial charge is 0.487 e. The van der Waals surface area contributed by atoms with Crippen LogP contribution in [0.15, 0.2) is 18.2 Å². The molecular weight excluding hydrogens is 284 g/mol. The summed E-state index contributed by atoms with van der Waals surface area (Å²) in [4.78, 5) is 0. The summed E-state index contributed by atoms with van der Waals surface area (Å²) in [5.41, 5.74) is 2.51. The highest BCUT2D eigenvalue weighted by molar-refractivity contribution is 6.21. The maximum Gasteiger partial charge on any atom is 0.128 e. The second-order valence-corrected chi connectivity index (χ2v) is 7.55. The highest BCUT2D eigenvalue weighted by atomic mass is 35.5. The van der Waals surface area contributed by atoms with E-state index >= 15 is 0 Å². The third kappa shape index (κ3) is 3.92. The standard InChI is InChI=1S/C18H27ClO2/c1-6-9-20-17-14(19)11-16(17)21-15-10-12(2)7-8-13(15)18(3,4)5/h7-8,10,14,16-17H,6,9,11H2,1-5H3. The van der Waals surface area contributed by atoms with Crippen LogP contribution < -0.4 is 4.74 Å². The molecule has 0 saturated heterocycles. The van der Waals surface area contributed by atoms with Crippen LogP contribution in [0.5, 0.6) is 5.75 Å². The van der Waals surface area contributed by atoms with E-state index in [-0.39, 0.29) is 23.0 Å². The Kier molecular flexibility index (Phi) is 5.21. The van der Waals surface area contributed by atoms with Crippen molar-refractivity contribution >= 4 is 11.6 Å². The zero-order chi connectivity index (χ0) is 15.6. The van der Waals surface area contributed by atoms with Crippen molar-refractivity contribution in [3.63, 3.8) is 0 Å². The van der Waals surface area contributed by atoms with Gasteiger partial charge in [0.05, 0.1) is 5.38 Å². The van der Waals surface area contributed by atoms with Crippen molar-refractivity contribution in [1.29, 1.82) is 0 Å². The maximum atomic E-state index is 6.27. The summed E-state index contributed by atoms with van der Waals surface area (Å²) in [7, 11) is 0. The number of ether oxygens (including phenoxy) is 2. The van der Waals surface area contributed by atoms with E-state index in [1.165, 1.54) is 11.1 Å². The Balaban J connectivity index is 2.14. The average Bonchev–Trinajstić information content (AvgIpc) is 2.37. The lowest BCUT2D eigenvalue weighted by atomic mass is 9.85. The highest BCUT2D eigenvalue weighted by Gasteiger charge is 2.43. The first-order chi connectivity index (χ1) is 9.82. The topological polar surface area (TPSA) is 18.5 Å². The normalized spacial score (nSPS) is 25.5. The van der Waals surface area contributed by atoms with E-state index in [4.69, 9.17) is 21.1 Å². The molecule has 1 saturated carbocycles. The first kappa shape index (κ1) is 16.6. The molecule has 0 aromatic heterocycles. The van der Waals surface area contributed by atoms with E-state index in [0.717, 1.165) is 25.2 Å². The van der Waals surface area contributed by atoms with E-state index in [9.17, 15) is 0 Å². The molecule has 0 bridgehead atoms. The van der Waals surface area contributed by atoms with Crippen molar-refractivity contribution < 1.29 is 9.47 Å². The quantitative estimate of drug-likeness (QED) is 0.724. The summed E-state index contributed by atoms with van der Waals surface area (Å²) >= 11 is 6.27. The number of hydrogen-bond donors (Lipinski definition) is 0. The van der Waals surface area contributed by atoms with Crippen LogP contribution >= 0.6 is 11.6 Å². The molecule has 1 aliphatic carbocycles. The van der Waals surface area contributed by atoms with Gasteiger partial charge in [-0.25, -0.2) is 0 Å². The zero-order valence-corrected chi connectivity index (χ0v) is 14.5. The highest BCUT2D eigenvalue weighted by Crippen LogP contribution is 2.37. The predicted octanol–water partition coefficient (Wildman–Crippen LogP) is 4.85. The fourth-order valence-electron chi connectivity index (χ4n) is 2.62. The van der Waals surface area contributed by atoms with E-state index in [1.54, 1.807) is 0 Å². The van der Waals surface area contributed by atoms with Crippen molar-refractivity contribution in [1.82, 2.24) is 0 Å². The monoisotopic (exact) mass is 310 g/mol. The zero-order valence-electron chi connectivity index (χ0n) is 13.8. The lowest BCUT2D eigenvalue weighted by Crippen LogP contribution is -2.53. The number of halogens is 1. The van der Waals surface area contributed by atoms with Gasteiger partial charge in [-0.15, -0.1) is 11.6 Å². The summed E-state index contributed by atoms with van der Waals surface area (Å²) in [6, 6.07) is 6.44. The van der Waals surface area contributed by atoms with Gasteiger partial charge in [-0.3, -0.25) is 0 Å². The molecule has 1 aromatic rings. The van der Waals surface area contributed by atoms with Gasteiger partial charge in [0.25, 0.3) is 0 Å². The third-order valence-corrected chi connectivity index (χ3v) is 4.34. The van der Waals surface area contributed by atoms with E-state index in [1.807, 2.05) is 0 Å². The minimum Gasteiger partial charge on any atom is -0.487 e. The molecule has 0 N–H and O–H groups in total. The van der Waals surface area contributed by atoms with Gasteiger partial charge >= 0.3 is 0 Å². The number of benzene rings is 1. The molecule has 118 valence electrons. The first-order valence-electron chi connectivity index (χ1n) is 7.86. The van der Waals surface area contributed by atoms with E-state index in [2.05, 4.69) is 52.8 Å². The molecule has 0 aliphatic heterocycles. The molecule has 3 heteroatoms. The Labute approximate surface area is 133 Å². The molecule has 1 fully saturated rings. The lowest BCUT2D eigenvalue weighted by Gasteiger charge is -2.41. The fraction of sp³-hybridized carbons (Fsp3) is 0.667. The van der Waals surface area contributed by atoms with Crippen molar-refractivity contribution in [3.05, 3.63) is 29.3 Å². The van der Waals surface area contributed by atoms with Gasteiger partial charge < -0.3 is 9.47 Å². The molecule has 3 atom stereocenters. The Morgan fingerprint density at radius 1 is 1.29 bits per heavy atom. The van der Waals surface area contributed by atoms with Crippen molar-refractivity contribution in [2.75, 3.05) is 6.61 Å². The maximum absolute atomic E-state index is 6.27. The molecule has 1 aliphatic rings. The van der Waals surface area contributed by atoms with E-state index < -0.39 is 0 Å². The Morgan fingerprint density at radius 3 is 2.57 bits per heavy atom. The first-order valence-corrected chi connectivity index (χ1v) is 8.30. The number of rotatable bonds is 5. The van der Waals surface area contributed by atoms with Crippen LogP contribution in [0.4, 0.5) is 0 Å². The fourth-order valence-corrected chi connectivity index (χ4v) is 3.03. The van der Waals surface area contributed by atoms with Crippen LogP contribution in [0.3, 0.4) is 0 Å². The minimum atomic E-state index is 0.0138. The smallest absolute Gasteiger partial charge is 0.128 e. The van der Waals surface area contributed by atoms with Crippen LogP contribution in [0.1, 0.15) is 51.7 Å². The average molecular weight is 311 g/mol. The van der Waals surface area contributed by atoms with Gasteiger partial charge in [0.15, 0.2) is 0 Å². The summed E-state index contributed by atoms with van der Waals surface area (Å²) in [6.07, 6.45) is 1.94. The number of aryl methyl sites for hydroxylation is 1. The molecule has 21 heavy (non-hydrogen) atoms. The van der Waals surface area contributed by atoms with Crippen molar-refractivity contribution in [3.8, 4) is 5.75 Å². The molecule has 1 aromatic carbocycles. The second kappa shape index (κ2) is 6.58. The van der Waals surface area contributed by atoms with Crippen molar-refractivity contribution in [2.45, 2.75) is 70.5 Å². The van der Waals surface area contributed by atoms with Gasteiger partial charge in [0.1, 0.15) is 18.0 Å². The van der Waals surface area contributed by atoms with Crippen LogP contribution in [-0.4, -0.2) is 24.2 Å². The molecule has 0 radical (unpaired) electrons. The molecule has 2 nitrogen and oxygen atoms in total. The van der Waals surface area contributed by atoms with Crippen LogP contribution in [0, 0.1) is 6.92 Å². The van der Waals surface area contributed by atoms with Gasteiger partial charge in [-0.1, -0.05) is 39.8 Å². The molecule has 0 amide bonds. The molecule has 0 heterocycles. The van der Waals surface area contributed by atoms with Crippen LogP contribution in [0.2, 0.25) is 0 Å². The SMILES string of the molecule is CCCOC1C(Cl)CC1Oc1cc(C)ccc1C(C)(C)C. The summed E-state index contributed by atoms with van der Waals surface area (Å²) in [5.74, 6) is 0.973. The van der Waals surface area contributed by atoms with Crippen LogP contribution in [0.25, 0.3) is 0 Å². The van der Waals surface area contributed by atoms with Crippen LogP contribution in [-0.2, 0) is 10.2 Å².